The van der Waals surface area contributed by atoms with Gasteiger partial charge in [-0.15, -0.1) is 0 Å². The summed E-state index contributed by atoms with van der Waals surface area (Å²) in [6, 6.07) is 3.66. The van der Waals surface area contributed by atoms with Gasteiger partial charge in [0.2, 0.25) is 0 Å². The summed E-state index contributed by atoms with van der Waals surface area (Å²) in [6.07, 6.45) is 4.03. The highest BCUT2D eigenvalue weighted by Gasteiger charge is 2.24. The van der Waals surface area contributed by atoms with E-state index < -0.39 is 11.6 Å². The highest BCUT2D eigenvalue weighted by Crippen LogP contribution is 2.28. The number of aliphatic hydroxyl groups excluding tert-OH is 1. The van der Waals surface area contributed by atoms with Crippen LogP contribution in [0.15, 0.2) is 18.2 Å². The van der Waals surface area contributed by atoms with Crippen LogP contribution >= 0.6 is 0 Å². The lowest BCUT2D eigenvalue weighted by Crippen LogP contribution is -2.26. The standard InChI is InChI=1S/C13H16F2O/c14-11-6-5-9(12(15)8-11)7-10-3-1-2-4-13(10)16/h5-6,8,10,13,16H,1-4,7H2. The number of hydrogen-bond donors (Lipinski definition) is 1. The van der Waals surface area contributed by atoms with E-state index in [0.29, 0.717) is 12.0 Å². The molecule has 0 aliphatic heterocycles. The van der Waals surface area contributed by atoms with Crippen molar-refractivity contribution in [2.45, 2.75) is 38.2 Å². The van der Waals surface area contributed by atoms with Crippen molar-refractivity contribution in [1.82, 2.24) is 0 Å². The van der Waals surface area contributed by atoms with Crippen LogP contribution in [0.3, 0.4) is 0 Å². The summed E-state index contributed by atoms with van der Waals surface area (Å²) in [5.41, 5.74) is 0.507. The molecule has 0 aromatic heterocycles. The van der Waals surface area contributed by atoms with Crippen LogP contribution < -0.4 is 0 Å². The molecule has 1 fully saturated rings. The van der Waals surface area contributed by atoms with E-state index in [2.05, 4.69) is 0 Å². The molecule has 2 unspecified atom stereocenters. The zero-order valence-electron chi connectivity index (χ0n) is 9.13. The van der Waals surface area contributed by atoms with E-state index >= 15 is 0 Å². The second kappa shape index (κ2) is 4.91. The van der Waals surface area contributed by atoms with Gasteiger partial charge in [0.05, 0.1) is 6.10 Å². The number of halogens is 2. The molecule has 1 N–H and O–H groups in total. The fourth-order valence-electron chi connectivity index (χ4n) is 2.40. The SMILES string of the molecule is OC1CCCCC1Cc1ccc(F)cc1F. The van der Waals surface area contributed by atoms with Crippen LogP contribution in [-0.4, -0.2) is 11.2 Å². The van der Waals surface area contributed by atoms with Crippen molar-refractivity contribution < 1.29 is 13.9 Å². The van der Waals surface area contributed by atoms with Crippen molar-refractivity contribution in [3.05, 3.63) is 35.4 Å². The minimum Gasteiger partial charge on any atom is -0.393 e. The number of hydrogen-bond acceptors (Lipinski definition) is 1. The molecule has 1 nitrogen and oxygen atoms in total. The van der Waals surface area contributed by atoms with Gasteiger partial charge < -0.3 is 5.11 Å². The quantitative estimate of drug-likeness (QED) is 0.821. The lowest BCUT2D eigenvalue weighted by Gasteiger charge is -2.27. The first-order valence-corrected chi connectivity index (χ1v) is 5.79. The second-order valence-electron chi connectivity index (χ2n) is 4.55. The Morgan fingerprint density at radius 3 is 2.62 bits per heavy atom. The molecule has 1 saturated carbocycles. The van der Waals surface area contributed by atoms with Gasteiger partial charge in [0.25, 0.3) is 0 Å². The van der Waals surface area contributed by atoms with Gasteiger partial charge in [-0.05, 0) is 36.8 Å². The van der Waals surface area contributed by atoms with E-state index in [9.17, 15) is 13.9 Å². The normalized spacial score (nSPS) is 25.7. The molecular formula is C13H16F2O. The molecule has 88 valence electrons. The van der Waals surface area contributed by atoms with Gasteiger partial charge >= 0.3 is 0 Å². The average molecular weight is 226 g/mol. The van der Waals surface area contributed by atoms with Crippen LogP contribution in [0.4, 0.5) is 8.78 Å². The first-order chi connectivity index (χ1) is 7.66. The smallest absolute Gasteiger partial charge is 0.129 e. The summed E-state index contributed by atoms with van der Waals surface area (Å²) < 4.78 is 26.1. The summed E-state index contributed by atoms with van der Waals surface area (Å²) in [5.74, 6) is -0.933. The van der Waals surface area contributed by atoms with Crippen LogP contribution in [0.2, 0.25) is 0 Å². The monoisotopic (exact) mass is 226 g/mol. The Balaban J connectivity index is 2.07. The Morgan fingerprint density at radius 1 is 1.19 bits per heavy atom. The summed E-state index contributed by atoms with van der Waals surface area (Å²) in [4.78, 5) is 0. The van der Waals surface area contributed by atoms with Crippen LogP contribution in [0, 0.1) is 17.6 Å². The van der Waals surface area contributed by atoms with Crippen molar-refractivity contribution in [3.63, 3.8) is 0 Å². The van der Waals surface area contributed by atoms with Crippen LogP contribution in [0.25, 0.3) is 0 Å². The molecule has 0 amide bonds. The maximum Gasteiger partial charge on any atom is 0.129 e. The molecule has 0 bridgehead atoms. The van der Waals surface area contributed by atoms with Crippen LogP contribution in [-0.2, 0) is 6.42 Å². The first kappa shape index (κ1) is 11.5. The van der Waals surface area contributed by atoms with E-state index in [4.69, 9.17) is 0 Å². The van der Waals surface area contributed by atoms with Crippen molar-refractivity contribution in [3.8, 4) is 0 Å². The van der Waals surface area contributed by atoms with Gasteiger partial charge in [0, 0.05) is 6.07 Å². The van der Waals surface area contributed by atoms with Crippen molar-refractivity contribution in [1.29, 1.82) is 0 Å². The van der Waals surface area contributed by atoms with E-state index in [1.807, 2.05) is 0 Å². The molecule has 1 aromatic rings. The third-order valence-corrected chi connectivity index (χ3v) is 3.37. The minimum atomic E-state index is -0.551. The molecule has 2 atom stereocenters. The van der Waals surface area contributed by atoms with E-state index in [0.717, 1.165) is 31.7 Å². The number of rotatable bonds is 2. The Labute approximate surface area is 94.1 Å². The molecule has 1 aromatic carbocycles. The summed E-state index contributed by atoms with van der Waals surface area (Å²) in [6.45, 7) is 0. The highest BCUT2D eigenvalue weighted by atomic mass is 19.1. The Bertz CT molecular complexity index is 365. The predicted molar refractivity (Wildman–Crippen MR) is 58.0 cm³/mol. The summed E-state index contributed by atoms with van der Waals surface area (Å²) in [5, 5.41) is 9.78. The maximum atomic E-state index is 13.4. The van der Waals surface area contributed by atoms with Crippen LogP contribution in [0.5, 0.6) is 0 Å². The number of benzene rings is 1. The van der Waals surface area contributed by atoms with Gasteiger partial charge in [-0.25, -0.2) is 8.78 Å². The first-order valence-electron chi connectivity index (χ1n) is 5.79. The Kier molecular flexibility index (Phi) is 3.54. The third-order valence-electron chi connectivity index (χ3n) is 3.37. The summed E-state index contributed by atoms with van der Waals surface area (Å²) in [7, 11) is 0. The van der Waals surface area contributed by atoms with Gasteiger partial charge in [-0.1, -0.05) is 18.9 Å². The van der Waals surface area contributed by atoms with E-state index in [-0.39, 0.29) is 12.0 Å². The molecule has 0 heterocycles. The predicted octanol–water partition coefficient (Wildman–Crippen LogP) is 3.06. The molecule has 1 aliphatic carbocycles. The summed E-state index contributed by atoms with van der Waals surface area (Å²) >= 11 is 0. The van der Waals surface area contributed by atoms with Gasteiger partial charge in [0.1, 0.15) is 11.6 Å². The molecular weight excluding hydrogens is 210 g/mol. The highest BCUT2D eigenvalue weighted by molar-refractivity contribution is 5.19. The van der Waals surface area contributed by atoms with E-state index in [1.54, 1.807) is 0 Å². The van der Waals surface area contributed by atoms with Crippen LogP contribution in [0.1, 0.15) is 31.2 Å². The average Bonchev–Trinajstić information content (AvgIpc) is 2.25. The lowest BCUT2D eigenvalue weighted by molar-refractivity contribution is 0.0696. The maximum absolute atomic E-state index is 13.4. The Hall–Kier alpha value is -0.960. The molecule has 0 radical (unpaired) electrons. The molecule has 0 saturated heterocycles. The fourth-order valence-corrected chi connectivity index (χ4v) is 2.40. The minimum absolute atomic E-state index is 0.119. The van der Waals surface area contributed by atoms with Crippen molar-refractivity contribution in [2.75, 3.05) is 0 Å². The van der Waals surface area contributed by atoms with Crippen molar-refractivity contribution >= 4 is 0 Å². The Morgan fingerprint density at radius 2 is 1.94 bits per heavy atom. The lowest BCUT2D eigenvalue weighted by atomic mass is 9.82. The zero-order chi connectivity index (χ0) is 11.5. The van der Waals surface area contributed by atoms with Gasteiger partial charge in [0.15, 0.2) is 0 Å². The van der Waals surface area contributed by atoms with E-state index in [1.165, 1.54) is 12.1 Å². The topological polar surface area (TPSA) is 20.2 Å². The molecule has 3 heteroatoms. The van der Waals surface area contributed by atoms with Gasteiger partial charge in [-0.2, -0.15) is 0 Å². The fraction of sp³-hybridized carbons (Fsp3) is 0.538. The second-order valence-corrected chi connectivity index (χ2v) is 4.55. The van der Waals surface area contributed by atoms with Crippen molar-refractivity contribution in [2.24, 2.45) is 5.92 Å². The molecule has 2 rings (SSSR count). The molecule has 16 heavy (non-hydrogen) atoms. The zero-order valence-corrected chi connectivity index (χ0v) is 9.13. The van der Waals surface area contributed by atoms with Gasteiger partial charge in [-0.3, -0.25) is 0 Å². The third kappa shape index (κ3) is 2.59. The molecule has 1 aliphatic rings. The number of aliphatic hydroxyl groups is 1. The largest absolute Gasteiger partial charge is 0.393 e. The molecule has 0 spiro atoms.